The maximum absolute atomic E-state index is 15.0. The molecule has 5 heterocycles. The van der Waals surface area contributed by atoms with Crippen molar-refractivity contribution < 1.29 is 8.78 Å². The van der Waals surface area contributed by atoms with Crippen molar-refractivity contribution in [1.29, 1.82) is 0 Å². The molecule has 1 N–H and O–H groups in total. The number of anilines is 2. The van der Waals surface area contributed by atoms with Gasteiger partial charge in [0.05, 0.1) is 17.2 Å². The third kappa shape index (κ3) is 5.10. The standard InChI is InChI=1S/C29H34F2N8/c1-19-14-21(15-23-26(19)35-25-6-7-29(2,3)39(23)25)27-22(31)17-33-28(36-27)34-24-5-4-20(16-32-24)18-38-12-10-37(9-8-30)11-13-38/h4-5,14-17H,6-13,18H2,1-3H3,(H,32,33,34,36). The minimum atomic E-state index is -0.477. The molecule has 6 rings (SSSR count). The number of aromatic nitrogens is 5. The van der Waals surface area contributed by atoms with Crippen molar-refractivity contribution in [2.45, 2.75) is 45.7 Å². The van der Waals surface area contributed by atoms with Gasteiger partial charge in [-0.15, -0.1) is 0 Å². The molecule has 10 heteroatoms. The van der Waals surface area contributed by atoms with Gasteiger partial charge in [-0.05, 0) is 56.5 Å². The largest absolute Gasteiger partial charge is 0.322 e. The van der Waals surface area contributed by atoms with Crippen LogP contribution in [-0.2, 0) is 18.5 Å². The highest BCUT2D eigenvalue weighted by molar-refractivity contribution is 5.86. The van der Waals surface area contributed by atoms with Crippen molar-refractivity contribution in [3.05, 3.63) is 59.4 Å². The Labute approximate surface area is 227 Å². The fraction of sp³-hybridized carbons (Fsp3) is 0.448. The minimum Gasteiger partial charge on any atom is -0.322 e. The minimum absolute atomic E-state index is 0.0341. The van der Waals surface area contributed by atoms with Crippen molar-refractivity contribution in [1.82, 2.24) is 34.3 Å². The first-order chi connectivity index (χ1) is 18.8. The first-order valence-electron chi connectivity index (χ1n) is 13.6. The molecule has 0 spiro atoms. The summed E-state index contributed by atoms with van der Waals surface area (Å²) in [5, 5.41) is 3.12. The fourth-order valence-electron chi connectivity index (χ4n) is 5.79. The molecule has 0 unspecified atom stereocenters. The van der Waals surface area contributed by atoms with Gasteiger partial charge in [0.25, 0.3) is 0 Å². The van der Waals surface area contributed by atoms with Gasteiger partial charge in [-0.25, -0.2) is 28.7 Å². The fourth-order valence-corrected chi connectivity index (χ4v) is 5.79. The maximum Gasteiger partial charge on any atom is 0.229 e. The Kier molecular flexibility index (Phi) is 6.76. The van der Waals surface area contributed by atoms with Gasteiger partial charge in [0.2, 0.25) is 5.95 Å². The van der Waals surface area contributed by atoms with Crippen LogP contribution in [0, 0.1) is 12.7 Å². The van der Waals surface area contributed by atoms with Gasteiger partial charge in [0.1, 0.15) is 24.0 Å². The number of hydrogen-bond donors (Lipinski definition) is 1. The third-order valence-electron chi connectivity index (χ3n) is 7.94. The average Bonchev–Trinajstić information content (AvgIpc) is 3.45. The first-order valence-corrected chi connectivity index (χ1v) is 13.6. The molecule has 8 nitrogen and oxygen atoms in total. The first kappa shape index (κ1) is 25.8. The third-order valence-corrected chi connectivity index (χ3v) is 7.94. The van der Waals surface area contributed by atoms with Crippen LogP contribution in [0.1, 0.15) is 37.2 Å². The van der Waals surface area contributed by atoms with Gasteiger partial charge >= 0.3 is 0 Å². The molecule has 39 heavy (non-hydrogen) atoms. The molecule has 1 saturated heterocycles. The molecule has 4 aromatic rings. The Morgan fingerprint density at radius 2 is 1.79 bits per heavy atom. The number of imidazole rings is 1. The molecule has 1 aromatic carbocycles. The number of aryl methyl sites for hydroxylation is 2. The van der Waals surface area contributed by atoms with Crippen molar-refractivity contribution in [3.63, 3.8) is 0 Å². The number of nitrogens with zero attached hydrogens (tertiary/aromatic N) is 7. The van der Waals surface area contributed by atoms with Crippen LogP contribution in [0.15, 0.2) is 36.7 Å². The Morgan fingerprint density at radius 3 is 2.54 bits per heavy atom. The van der Waals surface area contributed by atoms with Crippen LogP contribution in [0.2, 0.25) is 0 Å². The summed E-state index contributed by atoms with van der Waals surface area (Å²) in [4.78, 5) is 22.6. The summed E-state index contributed by atoms with van der Waals surface area (Å²) in [6, 6.07) is 7.84. The predicted octanol–water partition coefficient (Wildman–Crippen LogP) is 4.85. The van der Waals surface area contributed by atoms with Gasteiger partial charge in [-0.2, -0.15) is 0 Å². The van der Waals surface area contributed by atoms with E-state index in [0.29, 0.717) is 17.9 Å². The van der Waals surface area contributed by atoms with Crippen LogP contribution in [0.5, 0.6) is 0 Å². The summed E-state index contributed by atoms with van der Waals surface area (Å²) in [5.41, 5.74) is 4.97. The van der Waals surface area contributed by atoms with Gasteiger partial charge in [-0.1, -0.05) is 6.07 Å². The van der Waals surface area contributed by atoms with E-state index in [1.54, 1.807) is 0 Å². The number of pyridine rings is 1. The van der Waals surface area contributed by atoms with Gasteiger partial charge in [-0.3, -0.25) is 9.80 Å². The van der Waals surface area contributed by atoms with Crippen LogP contribution >= 0.6 is 0 Å². The van der Waals surface area contributed by atoms with E-state index in [1.165, 1.54) is 6.20 Å². The molecule has 0 bridgehead atoms. The number of piperazine rings is 1. The van der Waals surface area contributed by atoms with E-state index < -0.39 is 5.82 Å². The average molecular weight is 533 g/mol. The van der Waals surface area contributed by atoms with Crippen molar-refractivity contribution in [3.8, 4) is 11.3 Å². The SMILES string of the molecule is Cc1cc(-c2nc(Nc3ccc(CN4CCN(CCF)CC4)cn3)ncc2F)cc2c1nc1n2C(C)(C)CC1. The molecule has 0 amide bonds. The highest BCUT2D eigenvalue weighted by Crippen LogP contribution is 2.38. The number of halogens is 2. The second kappa shape index (κ2) is 10.2. The van der Waals surface area contributed by atoms with Crippen LogP contribution in [0.25, 0.3) is 22.3 Å². The summed E-state index contributed by atoms with van der Waals surface area (Å²) < 4.78 is 29.9. The molecular formula is C29H34F2N8. The van der Waals surface area contributed by atoms with E-state index in [0.717, 1.165) is 73.6 Å². The molecule has 0 aliphatic carbocycles. The molecule has 2 aliphatic heterocycles. The lowest BCUT2D eigenvalue weighted by Crippen LogP contribution is -2.46. The van der Waals surface area contributed by atoms with E-state index in [9.17, 15) is 4.39 Å². The van der Waals surface area contributed by atoms with Gasteiger partial charge in [0, 0.05) is 63.0 Å². The number of fused-ring (bicyclic) bond motifs is 3. The lowest BCUT2D eigenvalue weighted by atomic mass is 10.0. The predicted molar refractivity (Wildman–Crippen MR) is 148 cm³/mol. The molecule has 2 aliphatic rings. The normalized spacial score (nSPS) is 17.6. The smallest absolute Gasteiger partial charge is 0.229 e. The topological polar surface area (TPSA) is 75.0 Å². The zero-order chi connectivity index (χ0) is 27.1. The van der Waals surface area contributed by atoms with E-state index >= 15 is 4.39 Å². The molecule has 1 fully saturated rings. The summed E-state index contributed by atoms with van der Waals surface area (Å²) in [6.07, 6.45) is 5.01. The molecule has 0 radical (unpaired) electrons. The Hall–Kier alpha value is -3.50. The summed E-state index contributed by atoms with van der Waals surface area (Å²) in [7, 11) is 0. The lowest BCUT2D eigenvalue weighted by molar-refractivity contribution is 0.121. The summed E-state index contributed by atoms with van der Waals surface area (Å²) >= 11 is 0. The van der Waals surface area contributed by atoms with Crippen molar-refractivity contribution in [2.75, 3.05) is 44.7 Å². The number of hydrogen-bond acceptors (Lipinski definition) is 7. The Bertz CT molecular complexity index is 1490. The number of alkyl halides is 1. The van der Waals surface area contributed by atoms with Crippen molar-refractivity contribution >= 4 is 22.8 Å². The monoisotopic (exact) mass is 532 g/mol. The zero-order valence-electron chi connectivity index (χ0n) is 22.7. The van der Waals surface area contributed by atoms with Crippen LogP contribution in [-0.4, -0.2) is 73.7 Å². The molecule has 0 saturated carbocycles. The number of nitrogens with one attached hydrogen (secondary N) is 1. The lowest BCUT2D eigenvalue weighted by Gasteiger charge is -2.34. The van der Waals surface area contributed by atoms with E-state index in [-0.39, 0.29) is 23.9 Å². The quantitative estimate of drug-likeness (QED) is 0.365. The Morgan fingerprint density at radius 1 is 1.00 bits per heavy atom. The number of benzene rings is 1. The Balaban J connectivity index is 1.19. The van der Waals surface area contributed by atoms with E-state index in [2.05, 4.69) is 48.5 Å². The second-order valence-electron chi connectivity index (χ2n) is 11.2. The van der Waals surface area contributed by atoms with E-state index in [1.807, 2.05) is 37.4 Å². The zero-order valence-corrected chi connectivity index (χ0v) is 22.7. The highest BCUT2D eigenvalue weighted by Gasteiger charge is 2.32. The summed E-state index contributed by atoms with van der Waals surface area (Å²) in [5.74, 6) is 1.47. The molecule has 3 aromatic heterocycles. The molecule has 0 atom stereocenters. The van der Waals surface area contributed by atoms with Crippen molar-refractivity contribution in [2.24, 2.45) is 0 Å². The van der Waals surface area contributed by atoms with Crippen LogP contribution in [0.3, 0.4) is 0 Å². The van der Waals surface area contributed by atoms with Crippen LogP contribution < -0.4 is 5.32 Å². The molecule has 204 valence electrons. The van der Waals surface area contributed by atoms with Crippen LogP contribution in [0.4, 0.5) is 20.5 Å². The molecular weight excluding hydrogens is 498 g/mol. The van der Waals surface area contributed by atoms with Gasteiger partial charge in [0.15, 0.2) is 5.82 Å². The summed E-state index contributed by atoms with van der Waals surface area (Å²) in [6.45, 7) is 11.1. The second-order valence-corrected chi connectivity index (χ2v) is 11.2. The highest BCUT2D eigenvalue weighted by atomic mass is 19.1. The number of rotatable bonds is 7. The maximum atomic E-state index is 15.0. The van der Waals surface area contributed by atoms with E-state index in [4.69, 9.17) is 4.98 Å². The van der Waals surface area contributed by atoms with Gasteiger partial charge < -0.3 is 9.88 Å².